The van der Waals surface area contributed by atoms with E-state index >= 15 is 0 Å². The van der Waals surface area contributed by atoms with E-state index in [0.717, 1.165) is 30.8 Å². The van der Waals surface area contributed by atoms with E-state index in [4.69, 9.17) is 14.2 Å². The van der Waals surface area contributed by atoms with Crippen molar-refractivity contribution in [3.63, 3.8) is 0 Å². The Hall–Kier alpha value is -2.04. The van der Waals surface area contributed by atoms with Crippen LogP contribution < -0.4 is 9.47 Å². The number of aliphatic hydroxyl groups is 1. The maximum atomic E-state index is 9.82. The molecule has 0 aromatic heterocycles. The van der Waals surface area contributed by atoms with Gasteiger partial charge in [-0.25, -0.2) is 0 Å². The highest BCUT2D eigenvalue weighted by molar-refractivity contribution is 5.41. The maximum absolute atomic E-state index is 9.82. The van der Waals surface area contributed by atoms with E-state index in [0.29, 0.717) is 13.2 Å². The van der Waals surface area contributed by atoms with Crippen molar-refractivity contribution in [2.75, 3.05) is 20.3 Å². The molecule has 0 aliphatic rings. The predicted molar refractivity (Wildman–Crippen MR) is 118 cm³/mol. The molecule has 1 N–H and O–H groups in total. The highest BCUT2D eigenvalue weighted by Gasteiger charge is 2.23. The topological polar surface area (TPSA) is 47.9 Å². The zero-order chi connectivity index (χ0) is 21.3. The normalized spacial score (nSPS) is 13.7. The van der Waals surface area contributed by atoms with Gasteiger partial charge >= 0.3 is 0 Å². The molecule has 0 bridgehead atoms. The minimum absolute atomic E-state index is 0.120. The highest BCUT2D eigenvalue weighted by Crippen LogP contribution is 2.33. The van der Waals surface area contributed by atoms with Gasteiger partial charge < -0.3 is 19.3 Å². The zero-order valence-electron chi connectivity index (χ0n) is 18.5. The summed E-state index contributed by atoms with van der Waals surface area (Å²) >= 11 is 0. The van der Waals surface area contributed by atoms with Gasteiger partial charge in [-0.1, -0.05) is 58.4 Å². The molecule has 2 aromatic rings. The second kappa shape index (κ2) is 11.2. The molecule has 2 atom stereocenters. The number of hydrogen-bond donors (Lipinski definition) is 1. The van der Waals surface area contributed by atoms with E-state index in [9.17, 15) is 5.11 Å². The second-order valence-electron chi connectivity index (χ2n) is 8.00. The fraction of sp³-hybridized carbons (Fsp3) is 0.520. The van der Waals surface area contributed by atoms with Crippen molar-refractivity contribution in [1.29, 1.82) is 0 Å². The summed E-state index contributed by atoms with van der Waals surface area (Å²) in [4.78, 5) is 0. The van der Waals surface area contributed by atoms with E-state index in [2.05, 4.69) is 52.0 Å². The molecule has 4 heteroatoms. The van der Waals surface area contributed by atoms with E-state index in [-0.39, 0.29) is 11.5 Å². The molecule has 0 spiro atoms. The van der Waals surface area contributed by atoms with Crippen LogP contribution >= 0.6 is 0 Å². The molecule has 0 heterocycles. The van der Waals surface area contributed by atoms with Crippen LogP contribution in [0.3, 0.4) is 0 Å². The molecule has 4 nitrogen and oxygen atoms in total. The van der Waals surface area contributed by atoms with Crippen molar-refractivity contribution >= 4 is 0 Å². The number of methoxy groups -OCH3 is 1. The molecule has 0 radical (unpaired) electrons. The van der Waals surface area contributed by atoms with Crippen LogP contribution in [0.5, 0.6) is 11.5 Å². The molecule has 2 rings (SSSR count). The summed E-state index contributed by atoms with van der Waals surface area (Å²) in [6.45, 7) is 9.46. The summed E-state index contributed by atoms with van der Waals surface area (Å²) in [5, 5.41) is 9.82. The Balaban J connectivity index is 2.00. The van der Waals surface area contributed by atoms with E-state index < -0.39 is 6.10 Å². The SMILES string of the molecule is CCCC(O)COc1ccc(C(C)(C)c2ccc(OCC(CC)OC)cc2)cc1. The Morgan fingerprint density at radius 3 is 1.72 bits per heavy atom. The Labute approximate surface area is 175 Å². The minimum atomic E-state index is -0.409. The highest BCUT2D eigenvalue weighted by atomic mass is 16.5. The van der Waals surface area contributed by atoms with E-state index in [1.165, 1.54) is 11.1 Å². The van der Waals surface area contributed by atoms with Crippen LogP contribution in [0.4, 0.5) is 0 Å². The lowest BCUT2D eigenvalue weighted by molar-refractivity contribution is 0.0556. The minimum Gasteiger partial charge on any atom is -0.491 e. The van der Waals surface area contributed by atoms with Gasteiger partial charge in [0.25, 0.3) is 0 Å². The van der Waals surface area contributed by atoms with Gasteiger partial charge in [0.2, 0.25) is 0 Å². The van der Waals surface area contributed by atoms with Crippen molar-refractivity contribution < 1.29 is 19.3 Å². The lowest BCUT2D eigenvalue weighted by Crippen LogP contribution is -2.20. The molecule has 160 valence electrons. The number of aliphatic hydroxyl groups excluding tert-OH is 1. The summed E-state index contributed by atoms with van der Waals surface area (Å²) in [7, 11) is 1.72. The first kappa shape index (κ1) is 23.2. The molecule has 0 aliphatic carbocycles. The molecule has 0 aliphatic heterocycles. The molecular formula is C25H36O4. The summed E-state index contributed by atoms with van der Waals surface area (Å²) in [6, 6.07) is 16.4. The van der Waals surface area contributed by atoms with E-state index in [1.54, 1.807) is 7.11 Å². The molecule has 0 saturated carbocycles. The third-order valence-electron chi connectivity index (χ3n) is 5.44. The summed E-state index contributed by atoms with van der Waals surface area (Å²) in [6.07, 6.45) is 2.35. The van der Waals surface area contributed by atoms with Crippen LogP contribution in [0.1, 0.15) is 58.1 Å². The lowest BCUT2D eigenvalue weighted by atomic mass is 9.78. The van der Waals surface area contributed by atoms with Crippen molar-refractivity contribution in [2.45, 2.75) is 64.6 Å². The average Bonchev–Trinajstić information content (AvgIpc) is 2.74. The number of ether oxygens (including phenoxy) is 3. The standard InChI is InChI=1S/C25H36O4/c1-6-8-21(26)17-28-23-13-9-19(10-14-23)25(3,4)20-11-15-24(16-12-20)29-18-22(7-2)27-5/h9-16,21-22,26H,6-8,17-18H2,1-5H3. The molecule has 29 heavy (non-hydrogen) atoms. The van der Waals surface area contributed by atoms with Gasteiger partial charge in [0, 0.05) is 12.5 Å². The van der Waals surface area contributed by atoms with Gasteiger partial charge in [-0.3, -0.25) is 0 Å². The smallest absolute Gasteiger partial charge is 0.119 e. The van der Waals surface area contributed by atoms with Crippen LogP contribution in [0.15, 0.2) is 48.5 Å². The summed E-state index contributed by atoms with van der Waals surface area (Å²) in [5.74, 6) is 1.64. The van der Waals surface area contributed by atoms with Gasteiger partial charge in [-0.2, -0.15) is 0 Å². The van der Waals surface area contributed by atoms with Gasteiger partial charge in [0.05, 0.1) is 12.2 Å². The van der Waals surface area contributed by atoms with Crippen LogP contribution in [0, 0.1) is 0 Å². The zero-order valence-corrected chi connectivity index (χ0v) is 18.5. The van der Waals surface area contributed by atoms with Gasteiger partial charge in [-0.05, 0) is 48.2 Å². The van der Waals surface area contributed by atoms with Crippen molar-refractivity contribution in [3.05, 3.63) is 59.7 Å². The van der Waals surface area contributed by atoms with Crippen LogP contribution in [0.25, 0.3) is 0 Å². The van der Waals surface area contributed by atoms with Crippen LogP contribution in [-0.2, 0) is 10.2 Å². The number of benzene rings is 2. The average molecular weight is 401 g/mol. The Bertz CT molecular complexity index is 703. The molecule has 0 fully saturated rings. The molecule has 2 aromatic carbocycles. The van der Waals surface area contributed by atoms with Crippen molar-refractivity contribution in [2.24, 2.45) is 0 Å². The van der Waals surface area contributed by atoms with E-state index in [1.807, 2.05) is 24.3 Å². The third-order valence-corrected chi connectivity index (χ3v) is 5.44. The number of rotatable bonds is 12. The lowest BCUT2D eigenvalue weighted by Gasteiger charge is -2.26. The first-order valence-electron chi connectivity index (χ1n) is 10.6. The summed E-state index contributed by atoms with van der Waals surface area (Å²) < 4.78 is 16.9. The summed E-state index contributed by atoms with van der Waals surface area (Å²) in [5.41, 5.74) is 2.28. The third kappa shape index (κ3) is 6.76. The van der Waals surface area contributed by atoms with Crippen LogP contribution in [-0.4, -0.2) is 37.6 Å². The van der Waals surface area contributed by atoms with Crippen LogP contribution in [0.2, 0.25) is 0 Å². The maximum Gasteiger partial charge on any atom is 0.119 e. The quantitative estimate of drug-likeness (QED) is 0.521. The van der Waals surface area contributed by atoms with Crippen molar-refractivity contribution in [1.82, 2.24) is 0 Å². The van der Waals surface area contributed by atoms with Gasteiger partial charge in [0.15, 0.2) is 0 Å². The Morgan fingerprint density at radius 1 is 0.828 bits per heavy atom. The fourth-order valence-corrected chi connectivity index (χ4v) is 3.25. The Morgan fingerprint density at radius 2 is 1.31 bits per heavy atom. The number of hydrogen-bond acceptors (Lipinski definition) is 4. The fourth-order valence-electron chi connectivity index (χ4n) is 3.25. The largest absolute Gasteiger partial charge is 0.491 e. The Kier molecular flexibility index (Phi) is 8.99. The van der Waals surface area contributed by atoms with Gasteiger partial charge in [0.1, 0.15) is 24.7 Å². The molecular weight excluding hydrogens is 364 g/mol. The first-order valence-corrected chi connectivity index (χ1v) is 10.6. The first-order chi connectivity index (χ1) is 13.9. The predicted octanol–water partition coefficient (Wildman–Crippen LogP) is 5.36. The second-order valence-corrected chi connectivity index (χ2v) is 8.00. The molecule has 0 saturated heterocycles. The van der Waals surface area contributed by atoms with Crippen molar-refractivity contribution in [3.8, 4) is 11.5 Å². The molecule has 0 amide bonds. The van der Waals surface area contributed by atoms with Gasteiger partial charge in [-0.15, -0.1) is 0 Å². The monoisotopic (exact) mass is 400 g/mol. The molecule has 2 unspecified atom stereocenters.